The molecular formula is C14H19NO3. The average Bonchev–Trinajstić information content (AvgIpc) is 2.31. The van der Waals surface area contributed by atoms with Crippen LogP contribution in [-0.2, 0) is 20.7 Å². The summed E-state index contributed by atoms with van der Waals surface area (Å²) >= 11 is 0. The van der Waals surface area contributed by atoms with Gasteiger partial charge in [0.15, 0.2) is 0 Å². The number of esters is 1. The smallest absolute Gasteiger partial charge is 0.328 e. The summed E-state index contributed by atoms with van der Waals surface area (Å²) in [5.41, 5.74) is 3.37. The van der Waals surface area contributed by atoms with Gasteiger partial charge in [-0.1, -0.05) is 18.2 Å². The summed E-state index contributed by atoms with van der Waals surface area (Å²) in [6.45, 7) is 5.44. The van der Waals surface area contributed by atoms with E-state index in [9.17, 15) is 9.59 Å². The van der Waals surface area contributed by atoms with Gasteiger partial charge in [0, 0.05) is 13.3 Å². The van der Waals surface area contributed by atoms with Crippen LogP contribution >= 0.6 is 0 Å². The van der Waals surface area contributed by atoms with Crippen LogP contribution in [0, 0.1) is 13.8 Å². The number of ether oxygens (including phenoxy) is 1. The first-order valence-electron chi connectivity index (χ1n) is 5.85. The van der Waals surface area contributed by atoms with E-state index in [0.717, 1.165) is 5.56 Å². The van der Waals surface area contributed by atoms with E-state index in [2.05, 4.69) is 10.1 Å². The van der Waals surface area contributed by atoms with Crippen LogP contribution in [0.15, 0.2) is 18.2 Å². The molecule has 0 spiro atoms. The normalized spacial score (nSPS) is 11.8. The topological polar surface area (TPSA) is 55.4 Å². The van der Waals surface area contributed by atoms with Crippen LogP contribution in [0.1, 0.15) is 23.6 Å². The van der Waals surface area contributed by atoms with Gasteiger partial charge < -0.3 is 10.1 Å². The molecule has 0 radical (unpaired) electrons. The maximum Gasteiger partial charge on any atom is 0.328 e. The van der Waals surface area contributed by atoms with Crippen molar-refractivity contribution in [3.8, 4) is 0 Å². The van der Waals surface area contributed by atoms with Crippen LogP contribution in [0.2, 0.25) is 0 Å². The van der Waals surface area contributed by atoms with Gasteiger partial charge in [-0.05, 0) is 30.5 Å². The molecule has 0 fully saturated rings. The van der Waals surface area contributed by atoms with Crippen LogP contribution in [-0.4, -0.2) is 25.0 Å². The Labute approximate surface area is 107 Å². The van der Waals surface area contributed by atoms with Gasteiger partial charge in [0.1, 0.15) is 6.04 Å². The Morgan fingerprint density at radius 1 is 1.28 bits per heavy atom. The summed E-state index contributed by atoms with van der Waals surface area (Å²) in [6, 6.07) is 5.36. The molecule has 1 N–H and O–H groups in total. The Balaban J connectivity index is 2.85. The van der Waals surface area contributed by atoms with Crippen molar-refractivity contribution in [3.05, 3.63) is 34.9 Å². The van der Waals surface area contributed by atoms with E-state index in [1.54, 1.807) is 0 Å². The highest BCUT2D eigenvalue weighted by atomic mass is 16.5. The summed E-state index contributed by atoms with van der Waals surface area (Å²) in [7, 11) is 1.32. The van der Waals surface area contributed by atoms with Gasteiger partial charge in [-0.2, -0.15) is 0 Å². The van der Waals surface area contributed by atoms with Gasteiger partial charge in [-0.15, -0.1) is 0 Å². The van der Waals surface area contributed by atoms with Crippen molar-refractivity contribution >= 4 is 11.9 Å². The molecule has 0 heterocycles. The number of rotatable bonds is 4. The highest BCUT2D eigenvalue weighted by molar-refractivity contribution is 5.83. The van der Waals surface area contributed by atoms with Gasteiger partial charge in [0.05, 0.1) is 7.11 Å². The number of nitrogens with one attached hydrogen (secondary N) is 1. The average molecular weight is 249 g/mol. The first-order valence-corrected chi connectivity index (χ1v) is 5.85. The third kappa shape index (κ3) is 3.87. The molecule has 4 nitrogen and oxygen atoms in total. The van der Waals surface area contributed by atoms with Crippen molar-refractivity contribution < 1.29 is 14.3 Å². The Kier molecular flexibility index (Phi) is 4.89. The fourth-order valence-corrected chi connectivity index (χ4v) is 1.75. The Hall–Kier alpha value is -1.84. The molecule has 0 aliphatic carbocycles. The molecule has 0 bridgehead atoms. The highest BCUT2D eigenvalue weighted by Crippen LogP contribution is 2.12. The highest BCUT2D eigenvalue weighted by Gasteiger charge is 2.20. The standard InChI is InChI=1S/C14H19NO3/c1-9-5-6-12(7-10(9)2)8-13(14(17)18-4)15-11(3)16/h5-7,13H,8H2,1-4H3,(H,15,16)/t13-/m0/s1. The van der Waals surface area contributed by atoms with Crippen molar-refractivity contribution in [2.45, 2.75) is 33.2 Å². The van der Waals surface area contributed by atoms with Gasteiger partial charge in [-0.3, -0.25) is 4.79 Å². The number of amides is 1. The Morgan fingerprint density at radius 3 is 2.44 bits per heavy atom. The molecule has 0 aliphatic rings. The zero-order valence-electron chi connectivity index (χ0n) is 11.2. The monoisotopic (exact) mass is 249 g/mol. The van der Waals surface area contributed by atoms with E-state index in [4.69, 9.17) is 0 Å². The van der Waals surface area contributed by atoms with E-state index in [1.807, 2.05) is 32.0 Å². The van der Waals surface area contributed by atoms with Gasteiger partial charge in [-0.25, -0.2) is 4.79 Å². The van der Waals surface area contributed by atoms with Crippen molar-refractivity contribution in [2.24, 2.45) is 0 Å². The van der Waals surface area contributed by atoms with E-state index in [-0.39, 0.29) is 5.91 Å². The lowest BCUT2D eigenvalue weighted by molar-refractivity contribution is -0.144. The summed E-state index contributed by atoms with van der Waals surface area (Å²) in [5, 5.41) is 2.60. The van der Waals surface area contributed by atoms with E-state index in [1.165, 1.54) is 25.2 Å². The molecule has 0 saturated carbocycles. The number of aryl methyl sites for hydroxylation is 2. The lowest BCUT2D eigenvalue weighted by Gasteiger charge is -2.16. The maximum atomic E-state index is 11.6. The van der Waals surface area contributed by atoms with Gasteiger partial charge >= 0.3 is 5.97 Å². The fourth-order valence-electron chi connectivity index (χ4n) is 1.75. The van der Waals surface area contributed by atoms with E-state index >= 15 is 0 Å². The third-order valence-corrected chi connectivity index (χ3v) is 2.87. The summed E-state index contributed by atoms with van der Waals surface area (Å²) in [6.07, 6.45) is 0.438. The minimum Gasteiger partial charge on any atom is -0.467 e. The van der Waals surface area contributed by atoms with Crippen molar-refractivity contribution in [1.82, 2.24) is 5.32 Å². The molecule has 98 valence electrons. The number of methoxy groups -OCH3 is 1. The van der Waals surface area contributed by atoms with Crippen LogP contribution in [0.3, 0.4) is 0 Å². The van der Waals surface area contributed by atoms with Crippen LogP contribution in [0.4, 0.5) is 0 Å². The molecule has 4 heteroatoms. The lowest BCUT2D eigenvalue weighted by Crippen LogP contribution is -2.42. The molecule has 0 aromatic heterocycles. The largest absolute Gasteiger partial charge is 0.467 e. The minimum absolute atomic E-state index is 0.241. The van der Waals surface area contributed by atoms with E-state index in [0.29, 0.717) is 6.42 Å². The predicted molar refractivity (Wildman–Crippen MR) is 69.2 cm³/mol. The van der Waals surface area contributed by atoms with Crippen molar-refractivity contribution in [3.63, 3.8) is 0 Å². The number of benzene rings is 1. The molecule has 18 heavy (non-hydrogen) atoms. The molecule has 1 amide bonds. The molecule has 1 aromatic rings. The zero-order chi connectivity index (χ0) is 13.7. The molecular weight excluding hydrogens is 230 g/mol. The SMILES string of the molecule is COC(=O)[C@H](Cc1ccc(C)c(C)c1)NC(C)=O. The second-order valence-corrected chi connectivity index (χ2v) is 4.40. The zero-order valence-corrected chi connectivity index (χ0v) is 11.2. The first kappa shape index (κ1) is 14.2. The fraction of sp³-hybridized carbons (Fsp3) is 0.429. The molecule has 0 unspecified atom stereocenters. The molecule has 0 aliphatic heterocycles. The summed E-state index contributed by atoms with van der Waals surface area (Å²) < 4.78 is 4.69. The van der Waals surface area contributed by atoms with Crippen LogP contribution in [0.5, 0.6) is 0 Å². The number of hydrogen-bond acceptors (Lipinski definition) is 3. The Bertz CT molecular complexity index is 454. The quantitative estimate of drug-likeness (QED) is 0.823. The summed E-state index contributed by atoms with van der Waals surface area (Å²) in [4.78, 5) is 22.6. The molecule has 1 aromatic carbocycles. The first-order chi connectivity index (χ1) is 8.43. The van der Waals surface area contributed by atoms with Crippen LogP contribution in [0.25, 0.3) is 0 Å². The second kappa shape index (κ2) is 6.19. The molecule has 0 saturated heterocycles. The van der Waals surface area contributed by atoms with Crippen molar-refractivity contribution in [2.75, 3.05) is 7.11 Å². The third-order valence-electron chi connectivity index (χ3n) is 2.87. The lowest BCUT2D eigenvalue weighted by atomic mass is 10.0. The van der Waals surface area contributed by atoms with E-state index < -0.39 is 12.0 Å². The Morgan fingerprint density at radius 2 is 1.94 bits per heavy atom. The molecule has 1 atom stereocenters. The second-order valence-electron chi connectivity index (χ2n) is 4.40. The number of hydrogen-bond donors (Lipinski definition) is 1. The van der Waals surface area contributed by atoms with Gasteiger partial charge in [0.25, 0.3) is 0 Å². The maximum absolute atomic E-state index is 11.6. The van der Waals surface area contributed by atoms with Crippen molar-refractivity contribution in [1.29, 1.82) is 0 Å². The van der Waals surface area contributed by atoms with Gasteiger partial charge in [0.2, 0.25) is 5.91 Å². The summed E-state index contributed by atoms with van der Waals surface area (Å²) in [5.74, 6) is -0.669. The minimum atomic E-state index is -0.630. The number of carbonyl (C=O) groups is 2. The molecule has 1 rings (SSSR count). The predicted octanol–water partition coefficient (Wildman–Crippen LogP) is 1.52. The number of carbonyl (C=O) groups excluding carboxylic acids is 2. The van der Waals surface area contributed by atoms with Crippen LogP contribution < -0.4 is 5.32 Å².